The lowest BCUT2D eigenvalue weighted by Crippen LogP contribution is -2.26. The van der Waals surface area contributed by atoms with E-state index < -0.39 is 0 Å². The Morgan fingerprint density at radius 3 is 2.74 bits per heavy atom. The second-order valence-corrected chi connectivity index (χ2v) is 9.32. The number of aromatic amines is 1. The van der Waals surface area contributed by atoms with Crippen LogP contribution in [-0.2, 0) is 22.6 Å². The fourth-order valence-corrected chi connectivity index (χ4v) is 3.72. The molecule has 0 aliphatic carbocycles. The molecule has 0 unspecified atom stereocenters. The molecule has 0 saturated heterocycles. The Hall–Kier alpha value is -3.75. The van der Waals surface area contributed by atoms with Crippen molar-refractivity contribution in [2.24, 2.45) is 5.92 Å². The zero-order valence-electron chi connectivity index (χ0n) is 21.1. The minimum absolute atomic E-state index is 0.0914. The van der Waals surface area contributed by atoms with Crippen molar-refractivity contribution >= 4 is 28.5 Å². The van der Waals surface area contributed by atoms with Crippen LogP contribution in [0.1, 0.15) is 50.3 Å². The van der Waals surface area contributed by atoms with E-state index in [1.807, 2.05) is 13.0 Å². The van der Waals surface area contributed by atoms with Crippen LogP contribution in [0.2, 0.25) is 0 Å². The number of hydrogen-bond donors (Lipinski definition) is 2. The van der Waals surface area contributed by atoms with Crippen molar-refractivity contribution in [3.63, 3.8) is 0 Å². The molecule has 9 heteroatoms. The summed E-state index contributed by atoms with van der Waals surface area (Å²) in [6.07, 6.45) is 7.18. The number of aryl methyl sites for hydroxylation is 1. The molecule has 0 radical (unpaired) electrons. The zero-order chi connectivity index (χ0) is 25.5. The van der Waals surface area contributed by atoms with E-state index in [2.05, 4.69) is 29.1 Å². The molecule has 3 aromatic heterocycles. The number of likely N-dealkylation sites (N-methyl/N-ethyl adjacent to an activating group) is 1. The van der Waals surface area contributed by atoms with Crippen LogP contribution in [0.4, 0.5) is 5.69 Å². The summed E-state index contributed by atoms with van der Waals surface area (Å²) < 4.78 is 1.52. The third kappa shape index (κ3) is 7.11. The van der Waals surface area contributed by atoms with Gasteiger partial charge in [0.15, 0.2) is 0 Å². The summed E-state index contributed by atoms with van der Waals surface area (Å²) >= 11 is 0. The van der Waals surface area contributed by atoms with Crippen molar-refractivity contribution in [1.82, 2.24) is 24.4 Å². The molecule has 0 saturated carbocycles. The van der Waals surface area contributed by atoms with Crippen LogP contribution >= 0.6 is 0 Å². The van der Waals surface area contributed by atoms with Gasteiger partial charge in [0.25, 0.3) is 5.56 Å². The molecule has 35 heavy (non-hydrogen) atoms. The molecule has 0 aliphatic heterocycles. The number of allylic oxidation sites excluding steroid dienone is 1. The summed E-state index contributed by atoms with van der Waals surface area (Å²) in [6.45, 7) is 6.50. The van der Waals surface area contributed by atoms with E-state index in [4.69, 9.17) is 4.98 Å². The quantitative estimate of drug-likeness (QED) is 0.342. The molecule has 3 aromatic rings. The number of anilines is 1. The van der Waals surface area contributed by atoms with Crippen LogP contribution < -0.4 is 10.9 Å². The van der Waals surface area contributed by atoms with Crippen molar-refractivity contribution in [2.75, 3.05) is 19.4 Å². The lowest BCUT2D eigenvalue weighted by Gasteiger charge is -2.08. The average Bonchev–Trinajstić information content (AvgIpc) is 3.18. The van der Waals surface area contributed by atoms with Crippen LogP contribution in [0, 0.1) is 12.8 Å². The first-order chi connectivity index (χ1) is 16.6. The van der Waals surface area contributed by atoms with Gasteiger partial charge in [-0.1, -0.05) is 19.9 Å². The normalized spacial score (nSPS) is 11.5. The number of pyridine rings is 2. The summed E-state index contributed by atoms with van der Waals surface area (Å²) in [7, 11) is 3.37. The summed E-state index contributed by atoms with van der Waals surface area (Å²) in [5.74, 6) is 0.774. The number of H-pyrrole nitrogens is 1. The second kappa shape index (κ2) is 11.6. The van der Waals surface area contributed by atoms with Crippen molar-refractivity contribution in [2.45, 2.75) is 53.0 Å². The van der Waals surface area contributed by atoms with Gasteiger partial charge in [0.1, 0.15) is 17.0 Å². The molecule has 0 atom stereocenters. The van der Waals surface area contributed by atoms with E-state index in [1.165, 1.54) is 15.5 Å². The van der Waals surface area contributed by atoms with Gasteiger partial charge in [0.2, 0.25) is 11.8 Å². The molecule has 3 heterocycles. The number of carbonyl (C=O) groups excluding carboxylic acids is 2. The van der Waals surface area contributed by atoms with Crippen LogP contribution in [0.5, 0.6) is 0 Å². The number of fused-ring (bicyclic) bond motifs is 1. The summed E-state index contributed by atoms with van der Waals surface area (Å²) in [5, 5.41) is 2.71. The number of hydrogen-bond acceptors (Lipinski definition) is 5. The maximum atomic E-state index is 12.9. The molecule has 3 rings (SSSR count). The first-order valence-corrected chi connectivity index (χ1v) is 11.9. The highest BCUT2D eigenvalue weighted by Crippen LogP contribution is 2.19. The van der Waals surface area contributed by atoms with E-state index in [0.29, 0.717) is 24.6 Å². The minimum atomic E-state index is -0.297. The third-order valence-corrected chi connectivity index (χ3v) is 5.41. The van der Waals surface area contributed by atoms with Crippen molar-refractivity contribution < 1.29 is 9.59 Å². The van der Waals surface area contributed by atoms with Gasteiger partial charge in [-0.05, 0) is 56.4 Å². The summed E-state index contributed by atoms with van der Waals surface area (Å²) in [5.41, 5.74) is 3.54. The van der Waals surface area contributed by atoms with Gasteiger partial charge in [0, 0.05) is 32.4 Å². The van der Waals surface area contributed by atoms with E-state index in [1.54, 1.807) is 38.5 Å². The van der Waals surface area contributed by atoms with Gasteiger partial charge in [-0.15, -0.1) is 0 Å². The molecule has 0 fully saturated rings. The number of rotatable bonds is 10. The molecular formula is C26H34N6O3. The molecule has 2 N–H and O–H groups in total. The van der Waals surface area contributed by atoms with Gasteiger partial charge in [-0.2, -0.15) is 0 Å². The molecular weight excluding hydrogens is 444 g/mol. The van der Waals surface area contributed by atoms with Gasteiger partial charge in [0.05, 0.1) is 17.8 Å². The number of aromatic nitrogens is 4. The van der Waals surface area contributed by atoms with Crippen molar-refractivity contribution in [3.05, 3.63) is 64.1 Å². The van der Waals surface area contributed by atoms with Crippen LogP contribution in [-0.4, -0.2) is 50.3 Å². The van der Waals surface area contributed by atoms with Crippen molar-refractivity contribution in [3.8, 4) is 0 Å². The highest BCUT2D eigenvalue weighted by molar-refractivity contribution is 5.90. The SMILES string of the molecule is Cc1cc2[nH]c(Cn3cccc(NC(=O)CCC/C=C/C(=O)N(C)C)c3=O)nc2c(CC(C)C)n1. The summed E-state index contributed by atoms with van der Waals surface area (Å²) in [6, 6.07) is 5.28. The first-order valence-electron chi connectivity index (χ1n) is 11.9. The molecule has 9 nitrogen and oxygen atoms in total. The molecule has 2 amide bonds. The molecule has 0 spiro atoms. The molecule has 0 aliphatic rings. The number of nitrogens with zero attached hydrogens (tertiary/aromatic N) is 4. The Bertz CT molecular complexity index is 1290. The van der Waals surface area contributed by atoms with Crippen LogP contribution in [0.25, 0.3) is 11.0 Å². The van der Waals surface area contributed by atoms with Gasteiger partial charge in [-0.3, -0.25) is 19.4 Å². The Labute approximate surface area is 205 Å². The average molecular weight is 479 g/mol. The van der Waals surface area contributed by atoms with E-state index in [0.717, 1.165) is 28.8 Å². The molecule has 186 valence electrons. The lowest BCUT2D eigenvalue weighted by molar-refractivity contribution is -0.123. The Morgan fingerprint density at radius 2 is 2.03 bits per heavy atom. The largest absolute Gasteiger partial charge is 0.345 e. The van der Waals surface area contributed by atoms with E-state index in [-0.39, 0.29) is 36.0 Å². The van der Waals surface area contributed by atoms with Gasteiger partial charge < -0.3 is 19.8 Å². The van der Waals surface area contributed by atoms with Crippen LogP contribution in [0.15, 0.2) is 41.3 Å². The maximum Gasteiger partial charge on any atom is 0.274 e. The Balaban J connectivity index is 1.66. The highest BCUT2D eigenvalue weighted by atomic mass is 16.2. The number of carbonyl (C=O) groups is 2. The van der Waals surface area contributed by atoms with Gasteiger partial charge in [-0.25, -0.2) is 4.98 Å². The monoisotopic (exact) mass is 478 g/mol. The third-order valence-electron chi connectivity index (χ3n) is 5.41. The fraction of sp³-hybridized carbons (Fsp3) is 0.423. The highest BCUT2D eigenvalue weighted by Gasteiger charge is 2.13. The number of unbranched alkanes of at least 4 members (excludes halogenated alkanes) is 1. The second-order valence-electron chi connectivity index (χ2n) is 9.32. The van der Waals surface area contributed by atoms with E-state index in [9.17, 15) is 14.4 Å². The Morgan fingerprint density at radius 1 is 1.26 bits per heavy atom. The minimum Gasteiger partial charge on any atom is -0.345 e. The molecule has 0 bridgehead atoms. The van der Waals surface area contributed by atoms with Crippen molar-refractivity contribution in [1.29, 1.82) is 0 Å². The standard InChI is InChI=1S/C26H34N6O3/c1-17(2)14-20-25-21(15-18(3)27-20)28-22(30-25)16-32-13-9-10-19(26(32)35)29-23(33)11-7-6-8-12-24(34)31(4)5/h8-10,12-13,15,17H,6-7,11,14,16H2,1-5H3,(H,28,30)(H,29,33)/b12-8+. The number of nitrogens with one attached hydrogen (secondary N) is 2. The fourth-order valence-electron chi connectivity index (χ4n) is 3.72. The number of imidazole rings is 1. The van der Waals surface area contributed by atoms with E-state index >= 15 is 0 Å². The predicted octanol–water partition coefficient (Wildman–Crippen LogP) is 3.43. The van der Waals surface area contributed by atoms with Gasteiger partial charge >= 0.3 is 0 Å². The predicted molar refractivity (Wildman–Crippen MR) is 137 cm³/mol. The smallest absolute Gasteiger partial charge is 0.274 e. The Kier molecular flexibility index (Phi) is 8.57. The van der Waals surface area contributed by atoms with Crippen LogP contribution in [0.3, 0.4) is 0 Å². The lowest BCUT2D eigenvalue weighted by atomic mass is 10.1. The summed E-state index contributed by atoms with van der Waals surface area (Å²) in [4.78, 5) is 51.0. The maximum absolute atomic E-state index is 12.9. The topological polar surface area (TPSA) is 113 Å². The number of amides is 2. The zero-order valence-corrected chi connectivity index (χ0v) is 21.1. The first kappa shape index (κ1) is 25.9. The molecule has 0 aromatic carbocycles.